The predicted octanol–water partition coefficient (Wildman–Crippen LogP) is 1.56. The summed E-state index contributed by atoms with van der Waals surface area (Å²) in [6.07, 6.45) is 5.31. The van der Waals surface area contributed by atoms with Gasteiger partial charge in [-0.25, -0.2) is 0 Å². The number of halogens is 1. The Kier molecular flexibility index (Phi) is 4.04. The molecule has 2 aromatic heterocycles. The van der Waals surface area contributed by atoms with Crippen LogP contribution in [0.5, 0.6) is 0 Å². The molecule has 1 atom stereocenters. The van der Waals surface area contributed by atoms with E-state index in [1.165, 1.54) is 0 Å². The predicted molar refractivity (Wildman–Crippen MR) is 74.4 cm³/mol. The van der Waals surface area contributed by atoms with Crippen molar-refractivity contribution in [3.63, 3.8) is 0 Å². The molecule has 0 saturated heterocycles. The van der Waals surface area contributed by atoms with Crippen LogP contribution in [0.3, 0.4) is 0 Å². The molecule has 1 N–H and O–H groups in total. The fourth-order valence-electron chi connectivity index (χ4n) is 1.80. The first-order valence-corrected chi connectivity index (χ1v) is 6.73. The molecule has 0 spiro atoms. The molecule has 2 aromatic rings. The summed E-state index contributed by atoms with van der Waals surface area (Å²) in [6, 6.07) is -0.344. The minimum atomic E-state index is -0.344. The first-order valence-electron chi connectivity index (χ1n) is 5.94. The second-order valence-electron chi connectivity index (χ2n) is 4.44. The summed E-state index contributed by atoms with van der Waals surface area (Å²) in [7, 11) is 1.85. The van der Waals surface area contributed by atoms with Gasteiger partial charge in [0.05, 0.1) is 22.6 Å². The molecule has 0 aliphatic heterocycles. The summed E-state index contributed by atoms with van der Waals surface area (Å²) in [5.74, 6) is -0.0671. The lowest BCUT2D eigenvalue weighted by molar-refractivity contribution is -0.124. The van der Waals surface area contributed by atoms with Crippen LogP contribution in [0.25, 0.3) is 0 Å². The number of amides is 1. The number of carbonyl (C=O) groups is 1. The third kappa shape index (κ3) is 3.04. The van der Waals surface area contributed by atoms with E-state index in [2.05, 4.69) is 31.4 Å². The molecule has 1 amide bonds. The Morgan fingerprint density at radius 2 is 2.21 bits per heavy atom. The molecule has 102 valence electrons. The molecule has 0 aliphatic rings. The average Bonchev–Trinajstić information content (AvgIpc) is 2.94. The van der Waals surface area contributed by atoms with Gasteiger partial charge in [-0.15, -0.1) is 0 Å². The first-order chi connectivity index (χ1) is 8.99. The highest BCUT2D eigenvalue weighted by atomic mass is 79.9. The Hall–Kier alpha value is -1.63. The van der Waals surface area contributed by atoms with Gasteiger partial charge in [0.2, 0.25) is 5.91 Å². The maximum atomic E-state index is 12.1. The fourth-order valence-corrected chi connectivity index (χ4v) is 2.08. The monoisotopic (exact) mass is 325 g/mol. The van der Waals surface area contributed by atoms with Gasteiger partial charge in [0.1, 0.15) is 6.04 Å². The smallest absolute Gasteiger partial charge is 0.244 e. The van der Waals surface area contributed by atoms with Crippen LogP contribution in [0.4, 0.5) is 0 Å². The van der Waals surface area contributed by atoms with Crippen molar-refractivity contribution in [1.82, 2.24) is 24.9 Å². The maximum Gasteiger partial charge on any atom is 0.244 e. The summed E-state index contributed by atoms with van der Waals surface area (Å²) in [5.41, 5.74) is 1.91. The van der Waals surface area contributed by atoms with E-state index in [0.717, 1.165) is 15.7 Å². The molecule has 0 saturated carbocycles. The Bertz CT molecular complexity index is 589. The molecule has 19 heavy (non-hydrogen) atoms. The van der Waals surface area contributed by atoms with E-state index >= 15 is 0 Å². The molecule has 1 unspecified atom stereocenters. The van der Waals surface area contributed by atoms with Gasteiger partial charge in [0.25, 0.3) is 0 Å². The zero-order valence-electron chi connectivity index (χ0n) is 11.1. The number of aromatic nitrogens is 4. The molecule has 0 bridgehead atoms. The first kappa shape index (κ1) is 13.8. The van der Waals surface area contributed by atoms with Gasteiger partial charge in [-0.1, -0.05) is 0 Å². The highest BCUT2D eigenvalue weighted by Crippen LogP contribution is 2.18. The zero-order chi connectivity index (χ0) is 14.0. The second-order valence-corrected chi connectivity index (χ2v) is 5.29. The molecule has 0 aromatic carbocycles. The summed E-state index contributed by atoms with van der Waals surface area (Å²) in [5, 5.41) is 11.1. The van der Waals surface area contributed by atoms with Crippen LogP contribution in [-0.4, -0.2) is 25.5 Å². The Morgan fingerprint density at radius 1 is 1.47 bits per heavy atom. The number of nitrogens with zero attached hydrogens (tertiary/aromatic N) is 4. The SMILES string of the molecule is Cc1c(Br)cnn1C(C)C(=O)NCc1cnn(C)c1. The number of hydrogen-bond donors (Lipinski definition) is 1. The summed E-state index contributed by atoms with van der Waals surface area (Å²) in [6.45, 7) is 4.21. The largest absolute Gasteiger partial charge is 0.350 e. The van der Waals surface area contributed by atoms with Crippen molar-refractivity contribution in [2.24, 2.45) is 7.05 Å². The molecular weight excluding hydrogens is 310 g/mol. The van der Waals surface area contributed by atoms with Gasteiger partial charge in [0, 0.05) is 25.4 Å². The van der Waals surface area contributed by atoms with Crippen molar-refractivity contribution in [2.75, 3.05) is 0 Å². The molecule has 0 aliphatic carbocycles. The van der Waals surface area contributed by atoms with Crippen LogP contribution in [0.15, 0.2) is 23.1 Å². The molecule has 0 fully saturated rings. The maximum absolute atomic E-state index is 12.1. The third-order valence-electron chi connectivity index (χ3n) is 2.96. The van der Waals surface area contributed by atoms with Crippen molar-refractivity contribution in [1.29, 1.82) is 0 Å². The fraction of sp³-hybridized carbons (Fsp3) is 0.417. The van der Waals surface area contributed by atoms with Crippen molar-refractivity contribution < 1.29 is 4.79 Å². The number of rotatable bonds is 4. The molecule has 7 heteroatoms. The van der Waals surface area contributed by atoms with Crippen LogP contribution in [-0.2, 0) is 18.4 Å². The molecular formula is C12H16BrN5O. The van der Waals surface area contributed by atoms with Gasteiger partial charge in [-0.3, -0.25) is 14.2 Å². The van der Waals surface area contributed by atoms with Gasteiger partial charge in [-0.2, -0.15) is 10.2 Å². The molecule has 6 nitrogen and oxygen atoms in total. The van der Waals surface area contributed by atoms with Crippen molar-refractivity contribution in [3.8, 4) is 0 Å². The van der Waals surface area contributed by atoms with E-state index < -0.39 is 0 Å². The number of hydrogen-bond acceptors (Lipinski definition) is 3. The van der Waals surface area contributed by atoms with Crippen molar-refractivity contribution in [2.45, 2.75) is 26.4 Å². The summed E-state index contributed by atoms with van der Waals surface area (Å²) < 4.78 is 4.31. The topological polar surface area (TPSA) is 64.7 Å². The highest BCUT2D eigenvalue weighted by molar-refractivity contribution is 9.10. The molecule has 2 heterocycles. The molecule has 0 radical (unpaired) electrons. The standard InChI is InChI=1S/C12H16BrN5O/c1-8-11(13)6-16-18(8)9(2)12(19)14-4-10-5-15-17(3)7-10/h5-7,9H,4H2,1-3H3,(H,14,19). The van der Waals surface area contributed by atoms with E-state index in [1.807, 2.05) is 27.1 Å². The van der Waals surface area contributed by atoms with Crippen LogP contribution < -0.4 is 5.32 Å². The van der Waals surface area contributed by atoms with Gasteiger partial charge < -0.3 is 5.32 Å². The number of carbonyl (C=O) groups excluding carboxylic acids is 1. The van der Waals surface area contributed by atoms with Crippen LogP contribution in [0, 0.1) is 6.92 Å². The Balaban J connectivity index is 1.98. The van der Waals surface area contributed by atoms with Gasteiger partial charge >= 0.3 is 0 Å². The van der Waals surface area contributed by atoms with E-state index in [1.54, 1.807) is 21.8 Å². The second kappa shape index (κ2) is 5.56. The third-order valence-corrected chi connectivity index (χ3v) is 3.73. The normalized spacial score (nSPS) is 12.4. The lowest BCUT2D eigenvalue weighted by Gasteiger charge is -2.14. The van der Waals surface area contributed by atoms with E-state index in [9.17, 15) is 4.79 Å². The van der Waals surface area contributed by atoms with Crippen molar-refractivity contribution in [3.05, 3.63) is 34.3 Å². The molecule has 2 rings (SSSR count). The lowest BCUT2D eigenvalue weighted by atomic mass is 10.3. The van der Waals surface area contributed by atoms with Crippen molar-refractivity contribution >= 4 is 21.8 Å². The van der Waals surface area contributed by atoms with Gasteiger partial charge in [-0.05, 0) is 29.8 Å². The zero-order valence-corrected chi connectivity index (χ0v) is 12.7. The van der Waals surface area contributed by atoms with E-state index in [0.29, 0.717) is 6.54 Å². The summed E-state index contributed by atoms with van der Waals surface area (Å²) >= 11 is 3.39. The highest BCUT2D eigenvalue weighted by Gasteiger charge is 2.18. The van der Waals surface area contributed by atoms with E-state index in [4.69, 9.17) is 0 Å². The minimum absolute atomic E-state index is 0.0671. The number of nitrogens with one attached hydrogen (secondary N) is 1. The lowest BCUT2D eigenvalue weighted by Crippen LogP contribution is -2.31. The van der Waals surface area contributed by atoms with Crippen LogP contribution in [0.2, 0.25) is 0 Å². The Labute approximate surface area is 119 Å². The number of aryl methyl sites for hydroxylation is 1. The van der Waals surface area contributed by atoms with Crippen LogP contribution in [0.1, 0.15) is 24.2 Å². The quantitative estimate of drug-likeness (QED) is 0.927. The van der Waals surface area contributed by atoms with Gasteiger partial charge in [0.15, 0.2) is 0 Å². The van der Waals surface area contributed by atoms with E-state index in [-0.39, 0.29) is 11.9 Å². The minimum Gasteiger partial charge on any atom is -0.350 e. The average molecular weight is 326 g/mol. The summed E-state index contributed by atoms with van der Waals surface area (Å²) in [4.78, 5) is 12.1. The van der Waals surface area contributed by atoms with Crippen LogP contribution >= 0.6 is 15.9 Å². The Morgan fingerprint density at radius 3 is 2.74 bits per heavy atom.